The molecule has 0 bridgehead atoms. The molecule has 0 N–H and O–H groups in total. The van der Waals surface area contributed by atoms with Gasteiger partial charge < -0.3 is 18.9 Å². The molecule has 1 unspecified atom stereocenters. The van der Waals surface area contributed by atoms with Gasteiger partial charge in [-0.3, -0.25) is 4.79 Å². The van der Waals surface area contributed by atoms with E-state index in [0.717, 1.165) is 42.0 Å². The van der Waals surface area contributed by atoms with E-state index in [0.29, 0.717) is 31.2 Å². The van der Waals surface area contributed by atoms with Gasteiger partial charge in [0, 0.05) is 24.9 Å². The molecular weight excluding hydrogens is 394 g/mol. The second-order valence-electron chi connectivity index (χ2n) is 7.49. The highest BCUT2D eigenvalue weighted by molar-refractivity contribution is 5.77. The number of carbonyl (C=O) groups excluding carboxylic acids is 1. The molecule has 3 aromatic rings. The van der Waals surface area contributed by atoms with Gasteiger partial charge in [0.1, 0.15) is 11.5 Å². The second-order valence-corrected chi connectivity index (χ2v) is 7.49. The number of nitrogens with zero attached hydrogens (tertiary/aromatic N) is 3. The molecule has 1 amide bonds. The normalized spacial score (nSPS) is 15.8. The number of methoxy groups -OCH3 is 1. The highest BCUT2D eigenvalue weighted by Gasteiger charge is 2.29. The third-order valence-electron chi connectivity index (χ3n) is 5.52. The zero-order valence-electron chi connectivity index (χ0n) is 17.9. The summed E-state index contributed by atoms with van der Waals surface area (Å²) in [6, 6.07) is 15.6. The molecule has 7 nitrogen and oxygen atoms in total. The Balaban J connectivity index is 1.36. The summed E-state index contributed by atoms with van der Waals surface area (Å²) in [7, 11) is 1.65. The minimum atomic E-state index is 0.110. The van der Waals surface area contributed by atoms with Crippen molar-refractivity contribution >= 4 is 5.91 Å². The van der Waals surface area contributed by atoms with Crippen molar-refractivity contribution in [3.63, 3.8) is 0 Å². The third kappa shape index (κ3) is 4.87. The molecule has 1 aliphatic rings. The Hall–Kier alpha value is -3.35. The van der Waals surface area contributed by atoms with Gasteiger partial charge in [0.15, 0.2) is 0 Å². The quantitative estimate of drug-likeness (QED) is 0.535. The highest BCUT2D eigenvalue weighted by Crippen LogP contribution is 2.33. The molecular formula is C24H27N3O4. The van der Waals surface area contributed by atoms with Crippen LogP contribution in [0.1, 0.15) is 43.7 Å². The van der Waals surface area contributed by atoms with Gasteiger partial charge in [0.05, 0.1) is 19.8 Å². The first-order valence-corrected chi connectivity index (χ1v) is 10.7. The molecule has 1 aromatic heterocycles. The number of aromatic nitrogens is 2. The maximum Gasteiger partial charge on any atom is 0.227 e. The smallest absolute Gasteiger partial charge is 0.227 e. The Morgan fingerprint density at radius 1 is 1.13 bits per heavy atom. The van der Waals surface area contributed by atoms with Gasteiger partial charge in [-0.05, 0) is 61.7 Å². The standard InChI is InChI=1S/C24H27N3O4/c1-3-30-20-12-8-18(9-13-20)24-25-22(31-26-24)14-15-23(28)27-16-4-5-21(27)17-6-10-19(29-2)11-7-17/h6-13,21H,3-5,14-16H2,1-2H3. The van der Waals surface area contributed by atoms with Gasteiger partial charge in [-0.25, -0.2) is 0 Å². The average Bonchev–Trinajstić information content (AvgIpc) is 3.48. The lowest BCUT2D eigenvalue weighted by molar-refractivity contribution is -0.132. The van der Waals surface area contributed by atoms with Gasteiger partial charge in [-0.15, -0.1) is 0 Å². The molecule has 162 valence electrons. The van der Waals surface area contributed by atoms with Crippen molar-refractivity contribution in [1.82, 2.24) is 15.0 Å². The minimum absolute atomic E-state index is 0.110. The van der Waals surface area contributed by atoms with Crippen molar-refractivity contribution in [2.24, 2.45) is 0 Å². The van der Waals surface area contributed by atoms with E-state index in [2.05, 4.69) is 10.1 Å². The molecule has 31 heavy (non-hydrogen) atoms. The lowest BCUT2D eigenvalue weighted by atomic mass is 10.0. The summed E-state index contributed by atoms with van der Waals surface area (Å²) in [5.74, 6) is 2.72. The first-order valence-electron chi connectivity index (χ1n) is 10.7. The Morgan fingerprint density at radius 2 is 1.87 bits per heavy atom. The van der Waals surface area contributed by atoms with Gasteiger partial charge in [0.25, 0.3) is 0 Å². The maximum atomic E-state index is 12.9. The molecule has 0 aliphatic carbocycles. The first-order chi connectivity index (χ1) is 15.2. The van der Waals surface area contributed by atoms with E-state index in [9.17, 15) is 4.79 Å². The van der Waals surface area contributed by atoms with Crippen LogP contribution in [0.3, 0.4) is 0 Å². The van der Waals surface area contributed by atoms with Crippen LogP contribution in [0.25, 0.3) is 11.4 Å². The number of amides is 1. The van der Waals surface area contributed by atoms with Gasteiger partial charge >= 0.3 is 0 Å². The van der Waals surface area contributed by atoms with Crippen LogP contribution in [-0.4, -0.2) is 41.2 Å². The average molecular weight is 421 g/mol. The lowest BCUT2D eigenvalue weighted by Gasteiger charge is -2.25. The first kappa shape index (κ1) is 20.9. The molecule has 0 radical (unpaired) electrons. The fourth-order valence-corrected chi connectivity index (χ4v) is 3.94. The van der Waals surface area contributed by atoms with Crippen LogP contribution >= 0.6 is 0 Å². The summed E-state index contributed by atoms with van der Waals surface area (Å²) in [6.45, 7) is 3.34. The molecule has 0 saturated carbocycles. The minimum Gasteiger partial charge on any atom is -0.497 e. The van der Waals surface area contributed by atoms with Crippen LogP contribution in [0.5, 0.6) is 11.5 Å². The topological polar surface area (TPSA) is 77.7 Å². The number of carbonyl (C=O) groups is 1. The van der Waals surface area contributed by atoms with Crippen LogP contribution < -0.4 is 9.47 Å². The largest absolute Gasteiger partial charge is 0.497 e. The van der Waals surface area contributed by atoms with Crippen LogP contribution in [0, 0.1) is 0 Å². The fraction of sp³-hybridized carbons (Fsp3) is 0.375. The number of hydrogen-bond acceptors (Lipinski definition) is 6. The molecule has 7 heteroatoms. The van der Waals surface area contributed by atoms with Crippen LogP contribution in [0.4, 0.5) is 0 Å². The van der Waals surface area contributed by atoms with E-state index in [1.54, 1.807) is 7.11 Å². The van der Waals surface area contributed by atoms with E-state index >= 15 is 0 Å². The summed E-state index contributed by atoms with van der Waals surface area (Å²) in [4.78, 5) is 19.3. The Morgan fingerprint density at radius 3 is 2.58 bits per heavy atom. The predicted molar refractivity (Wildman–Crippen MR) is 116 cm³/mol. The SMILES string of the molecule is CCOc1ccc(-c2noc(CCC(=O)N3CCCC3c3ccc(OC)cc3)n2)cc1. The number of likely N-dealkylation sites (tertiary alicyclic amines) is 1. The van der Waals surface area contributed by atoms with Crippen molar-refractivity contribution in [3.05, 3.63) is 60.0 Å². The van der Waals surface area contributed by atoms with Gasteiger partial charge in [0.2, 0.25) is 17.6 Å². The zero-order chi connectivity index (χ0) is 21.6. The van der Waals surface area contributed by atoms with E-state index in [1.165, 1.54) is 0 Å². The summed E-state index contributed by atoms with van der Waals surface area (Å²) in [5.41, 5.74) is 1.99. The predicted octanol–water partition coefficient (Wildman–Crippen LogP) is 4.44. The van der Waals surface area contributed by atoms with Crippen LogP contribution in [-0.2, 0) is 11.2 Å². The highest BCUT2D eigenvalue weighted by atomic mass is 16.5. The number of hydrogen-bond donors (Lipinski definition) is 0. The summed E-state index contributed by atoms with van der Waals surface area (Å²) in [5, 5.41) is 4.05. The van der Waals surface area contributed by atoms with Crippen molar-refractivity contribution in [1.29, 1.82) is 0 Å². The van der Waals surface area contributed by atoms with Gasteiger partial charge in [-0.1, -0.05) is 17.3 Å². The van der Waals surface area contributed by atoms with Crippen LogP contribution in [0.15, 0.2) is 53.1 Å². The molecule has 0 spiro atoms. The molecule has 1 saturated heterocycles. The molecule has 4 rings (SSSR count). The molecule has 1 aliphatic heterocycles. The molecule has 1 fully saturated rings. The van der Waals surface area contributed by atoms with Crippen molar-refractivity contribution in [2.75, 3.05) is 20.3 Å². The summed E-state index contributed by atoms with van der Waals surface area (Å²) in [6.07, 6.45) is 2.75. The molecule has 1 atom stereocenters. The van der Waals surface area contributed by atoms with E-state index < -0.39 is 0 Å². The van der Waals surface area contributed by atoms with Crippen molar-refractivity contribution < 1.29 is 18.8 Å². The summed E-state index contributed by atoms with van der Waals surface area (Å²) >= 11 is 0. The van der Waals surface area contributed by atoms with Crippen LogP contribution in [0.2, 0.25) is 0 Å². The molecule has 2 heterocycles. The number of ether oxygens (including phenoxy) is 2. The van der Waals surface area contributed by atoms with E-state index in [-0.39, 0.29) is 11.9 Å². The van der Waals surface area contributed by atoms with E-state index in [4.69, 9.17) is 14.0 Å². The zero-order valence-corrected chi connectivity index (χ0v) is 17.9. The third-order valence-corrected chi connectivity index (χ3v) is 5.52. The Bertz CT molecular complexity index is 998. The van der Waals surface area contributed by atoms with Crippen molar-refractivity contribution in [2.45, 2.75) is 38.6 Å². The van der Waals surface area contributed by atoms with Gasteiger partial charge in [-0.2, -0.15) is 4.98 Å². The van der Waals surface area contributed by atoms with Crippen molar-refractivity contribution in [3.8, 4) is 22.9 Å². The Kier molecular flexibility index (Phi) is 6.50. The van der Waals surface area contributed by atoms with E-state index in [1.807, 2.05) is 60.4 Å². The number of aryl methyl sites for hydroxylation is 1. The lowest BCUT2D eigenvalue weighted by Crippen LogP contribution is -2.30. The number of benzene rings is 2. The maximum absolute atomic E-state index is 12.9. The number of rotatable bonds is 8. The Labute approximate surface area is 182 Å². The monoisotopic (exact) mass is 421 g/mol. The summed E-state index contributed by atoms with van der Waals surface area (Å²) < 4.78 is 16.1. The second kappa shape index (κ2) is 9.64. The molecule has 2 aromatic carbocycles. The fourth-order valence-electron chi connectivity index (χ4n) is 3.94.